The summed E-state index contributed by atoms with van der Waals surface area (Å²) in [5, 5.41) is 0. The molecule has 0 saturated carbocycles. The van der Waals surface area contributed by atoms with Gasteiger partial charge in [-0.05, 0) is 13.0 Å². The van der Waals surface area contributed by atoms with Crippen molar-refractivity contribution in [2.24, 2.45) is 0 Å². The van der Waals surface area contributed by atoms with Gasteiger partial charge < -0.3 is 4.90 Å². The second kappa shape index (κ2) is 4.27. The fourth-order valence-corrected chi connectivity index (χ4v) is 0.356. The Morgan fingerprint density at radius 2 is 2.22 bits per heavy atom. The lowest BCUT2D eigenvalue weighted by molar-refractivity contribution is 0.698. The van der Waals surface area contributed by atoms with Crippen LogP contribution in [0.4, 0.5) is 0 Å². The third-order valence-electron chi connectivity index (χ3n) is 0.942. The standard InChI is InChI=1S/C7H11NS/c1-4-5-6-8(3)7(2)9/h4-6H,1H2,2-3H3/b6-5-. The lowest BCUT2D eigenvalue weighted by Gasteiger charge is -2.09. The van der Waals surface area contributed by atoms with E-state index in [1.807, 2.05) is 31.1 Å². The van der Waals surface area contributed by atoms with Crippen LogP contribution in [0.2, 0.25) is 0 Å². The van der Waals surface area contributed by atoms with Crippen molar-refractivity contribution in [2.45, 2.75) is 6.92 Å². The van der Waals surface area contributed by atoms with Gasteiger partial charge >= 0.3 is 0 Å². The maximum Gasteiger partial charge on any atom is 0.0784 e. The highest BCUT2D eigenvalue weighted by atomic mass is 32.1. The predicted octanol–water partition coefficient (Wildman–Crippen LogP) is 1.97. The van der Waals surface area contributed by atoms with Gasteiger partial charge in [-0.25, -0.2) is 0 Å². The summed E-state index contributed by atoms with van der Waals surface area (Å²) < 4.78 is 0. The molecule has 9 heavy (non-hydrogen) atoms. The fraction of sp³-hybridized carbons (Fsp3) is 0.286. The summed E-state index contributed by atoms with van der Waals surface area (Å²) in [5.74, 6) is 0. The van der Waals surface area contributed by atoms with Crippen LogP contribution < -0.4 is 0 Å². The summed E-state index contributed by atoms with van der Waals surface area (Å²) >= 11 is 4.87. The molecule has 0 amide bonds. The Bertz CT molecular complexity index is 138. The van der Waals surface area contributed by atoms with Crippen LogP contribution >= 0.6 is 12.2 Å². The first-order chi connectivity index (χ1) is 4.18. The fourth-order valence-electron chi connectivity index (χ4n) is 0.295. The molecule has 0 saturated heterocycles. The van der Waals surface area contributed by atoms with Crippen LogP contribution in [0, 0.1) is 0 Å². The molecule has 0 aliphatic carbocycles. The molecular weight excluding hydrogens is 130 g/mol. The largest absolute Gasteiger partial charge is 0.346 e. The van der Waals surface area contributed by atoms with E-state index in [1.165, 1.54) is 0 Å². The summed E-state index contributed by atoms with van der Waals surface area (Å²) in [6.45, 7) is 5.41. The van der Waals surface area contributed by atoms with Crippen molar-refractivity contribution < 1.29 is 0 Å². The van der Waals surface area contributed by atoms with Crippen molar-refractivity contribution in [3.63, 3.8) is 0 Å². The molecule has 0 heterocycles. The van der Waals surface area contributed by atoms with Gasteiger partial charge in [-0.15, -0.1) is 0 Å². The highest BCUT2D eigenvalue weighted by Crippen LogP contribution is 1.87. The molecule has 0 aliphatic rings. The number of allylic oxidation sites excluding steroid dienone is 2. The van der Waals surface area contributed by atoms with E-state index in [0.29, 0.717) is 0 Å². The van der Waals surface area contributed by atoms with Crippen LogP contribution in [-0.2, 0) is 0 Å². The molecule has 2 heteroatoms. The smallest absolute Gasteiger partial charge is 0.0784 e. The molecule has 0 unspecified atom stereocenters. The molecule has 0 radical (unpaired) electrons. The highest BCUT2D eigenvalue weighted by Gasteiger charge is 1.87. The summed E-state index contributed by atoms with van der Waals surface area (Å²) in [5.41, 5.74) is 0. The van der Waals surface area contributed by atoms with E-state index in [9.17, 15) is 0 Å². The van der Waals surface area contributed by atoms with E-state index in [1.54, 1.807) is 6.08 Å². The quantitative estimate of drug-likeness (QED) is 0.427. The van der Waals surface area contributed by atoms with E-state index in [-0.39, 0.29) is 0 Å². The van der Waals surface area contributed by atoms with Crippen molar-refractivity contribution in [1.82, 2.24) is 4.90 Å². The molecular formula is C7H11NS. The van der Waals surface area contributed by atoms with E-state index >= 15 is 0 Å². The summed E-state index contributed by atoms with van der Waals surface area (Å²) in [6, 6.07) is 0. The topological polar surface area (TPSA) is 3.24 Å². The maximum atomic E-state index is 4.87. The summed E-state index contributed by atoms with van der Waals surface area (Å²) in [7, 11) is 1.91. The minimum Gasteiger partial charge on any atom is -0.346 e. The molecule has 0 bridgehead atoms. The van der Waals surface area contributed by atoms with Crippen LogP contribution in [0.5, 0.6) is 0 Å². The number of nitrogens with zero attached hydrogens (tertiary/aromatic N) is 1. The first-order valence-corrected chi connectivity index (χ1v) is 3.12. The number of rotatable bonds is 2. The molecule has 0 N–H and O–H groups in total. The van der Waals surface area contributed by atoms with Crippen LogP contribution in [0.3, 0.4) is 0 Å². The average Bonchev–Trinajstić information content (AvgIpc) is 1.82. The average molecular weight is 141 g/mol. The van der Waals surface area contributed by atoms with Gasteiger partial charge in [0, 0.05) is 13.2 Å². The van der Waals surface area contributed by atoms with Gasteiger partial charge in [-0.2, -0.15) is 0 Å². The SMILES string of the molecule is C=C/C=C\N(C)C(C)=S. The zero-order valence-electron chi connectivity index (χ0n) is 5.79. The van der Waals surface area contributed by atoms with Crippen molar-refractivity contribution in [1.29, 1.82) is 0 Å². The third-order valence-corrected chi connectivity index (χ3v) is 1.23. The van der Waals surface area contributed by atoms with Gasteiger partial charge in [-0.3, -0.25) is 0 Å². The van der Waals surface area contributed by atoms with E-state index in [0.717, 1.165) is 4.99 Å². The zero-order chi connectivity index (χ0) is 7.28. The van der Waals surface area contributed by atoms with Crippen molar-refractivity contribution >= 4 is 17.2 Å². The van der Waals surface area contributed by atoms with Crippen molar-refractivity contribution in [2.75, 3.05) is 7.05 Å². The zero-order valence-corrected chi connectivity index (χ0v) is 6.61. The Labute approximate surface area is 61.7 Å². The molecule has 0 spiro atoms. The second-order valence-electron chi connectivity index (χ2n) is 1.71. The van der Waals surface area contributed by atoms with Crippen molar-refractivity contribution in [3.05, 3.63) is 24.9 Å². The van der Waals surface area contributed by atoms with Crippen LogP contribution in [0.1, 0.15) is 6.92 Å². The Balaban J connectivity index is 3.75. The molecule has 0 fully saturated rings. The predicted molar refractivity (Wildman–Crippen MR) is 45.4 cm³/mol. The summed E-state index contributed by atoms with van der Waals surface area (Å²) in [4.78, 5) is 2.71. The lowest BCUT2D eigenvalue weighted by atomic mass is 10.5. The van der Waals surface area contributed by atoms with Gasteiger partial charge in [0.05, 0.1) is 4.99 Å². The van der Waals surface area contributed by atoms with Gasteiger partial charge in [0.1, 0.15) is 0 Å². The van der Waals surface area contributed by atoms with Gasteiger partial charge in [0.25, 0.3) is 0 Å². The highest BCUT2D eigenvalue weighted by molar-refractivity contribution is 7.80. The monoisotopic (exact) mass is 141 g/mol. The van der Waals surface area contributed by atoms with Gasteiger partial charge in [-0.1, -0.05) is 24.9 Å². The maximum absolute atomic E-state index is 4.87. The Morgan fingerprint density at radius 3 is 2.56 bits per heavy atom. The van der Waals surface area contributed by atoms with Crippen LogP contribution in [0.15, 0.2) is 24.9 Å². The van der Waals surface area contributed by atoms with Crippen LogP contribution in [0.25, 0.3) is 0 Å². The van der Waals surface area contributed by atoms with Gasteiger partial charge in [0.2, 0.25) is 0 Å². The molecule has 0 atom stereocenters. The number of thiocarbonyl (C=S) groups is 1. The van der Waals surface area contributed by atoms with E-state index in [2.05, 4.69) is 6.58 Å². The summed E-state index contributed by atoms with van der Waals surface area (Å²) in [6.07, 6.45) is 5.43. The Morgan fingerprint density at radius 1 is 1.67 bits per heavy atom. The molecule has 0 aromatic carbocycles. The van der Waals surface area contributed by atoms with Crippen LogP contribution in [-0.4, -0.2) is 16.9 Å². The molecule has 0 aromatic heterocycles. The normalized spacial score (nSPS) is 9.56. The third kappa shape index (κ3) is 3.91. The second-order valence-corrected chi connectivity index (χ2v) is 2.30. The Hall–Kier alpha value is -0.630. The minimum absolute atomic E-state index is 0.855. The molecule has 1 nitrogen and oxygen atoms in total. The molecule has 0 rings (SSSR count). The first kappa shape index (κ1) is 8.37. The molecule has 50 valence electrons. The minimum atomic E-state index is 0.855. The van der Waals surface area contributed by atoms with E-state index < -0.39 is 0 Å². The van der Waals surface area contributed by atoms with E-state index in [4.69, 9.17) is 12.2 Å². The Kier molecular flexibility index (Phi) is 3.97. The lowest BCUT2D eigenvalue weighted by Crippen LogP contribution is -2.14. The van der Waals surface area contributed by atoms with Crippen molar-refractivity contribution in [3.8, 4) is 0 Å². The van der Waals surface area contributed by atoms with Gasteiger partial charge in [0.15, 0.2) is 0 Å². The molecule has 0 aliphatic heterocycles. The first-order valence-electron chi connectivity index (χ1n) is 2.71. The number of hydrogen-bond acceptors (Lipinski definition) is 1. The molecule has 0 aromatic rings. The number of hydrogen-bond donors (Lipinski definition) is 0.